The molecule has 0 saturated carbocycles. The topological polar surface area (TPSA) is 58.9 Å². The largest absolute Gasteiger partial charge is 0.456 e. The van der Waals surface area contributed by atoms with Gasteiger partial charge in [-0.3, -0.25) is 9.20 Å². The molecule has 0 aliphatic rings. The molecule has 6 nitrogen and oxygen atoms in total. The van der Waals surface area contributed by atoms with Crippen LogP contribution in [0.5, 0.6) is 5.75 Å². The molecule has 0 aliphatic heterocycles. The number of amides is 1. The first-order valence-corrected chi connectivity index (χ1v) is 10.6. The van der Waals surface area contributed by atoms with Gasteiger partial charge in [-0.2, -0.15) is 0 Å². The van der Waals surface area contributed by atoms with E-state index >= 15 is 0 Å². The van der Waals surface area contributed by atoms with Crippen molar-refractivity contribution in [2.45, 2.75) is 27.2 Å². The van der Waals surface area contributed by atoms with Gasteiger partial charge in [-0.15, -0.1) is 0 Å². The third kappa shape index (κ3) is 5.22. The number of hydrogen-bond donors (Lipinski definition) is 1. The van der Waals surface area contributed by atoms with E-state index in [9.17, 15) is 13.6 Å². The van der Waals surface area contributed by atoms with E-state index in [0.29, 0.717) is 28.4 Å². The first-order valence-electron chi connectivity index (χ1n) is 10.6. The molecular formula is C25H28F2N4O2. The minimum absolute atomic E-state index is 0.161. The van der Waals surface area contributed by atoms with Gasteiger partial charge in [0, 0.05) is 31.3 Å². The number of halogens is 2. The average molecular weight is 455 g/mol. The Morgan fingerprint density at radius 1 is 1.30 bits per heavy atom. The van der Waals surface area contributed by atoms with E-state index in [-0.39, 0.29) is 5.91 Å². The van der Waals surface area contributed by atoms with E-state index in [2.05, 4.69) is 10.3 Å². The number of alkyl halides is 2. The second-order valence-electron chi connectivity index (χ2n) is 7.57. The van der Waals surface area contributed by atoms with Crippen LogP contribution in [0.1, 0.15) is 29.8 Å². The lowest BCUT2D eigenvalue weighted by Crippen LogP contribution is -2.24. The molecule has 174 valence electrons. The van der Waals surface area contributed by atoms with Gasteiger partial charge in [0.15, 0.2) is 5.65 Å². The lowest BCUT2D eigenvalue weighted by molar-refractivity contribution is 0.0962. The van der Waals surface area contributed by atoms with Crippen molar-refractivity contribution in [2.24, 2.45) is 0 Å². The van der Waals surface area contributed by atoms with Gasteiger partial charge in [0.2, 0.25) is 0 Å². The van der Waals surface area contributed by atoms with E-state index in [4.69, 9.17) is 4.74 Å². The summed E-state index contributed by atoms with van der Waals surface area (Å²) in [5.74, 6) is 0.959. The summed E-state index contributed by atoms with van der Waals surface area (Å²) in [5.41, 5.74) is 4.04. The van der Waals surface area contributed by atoms with E-state index in [1.807, 2.05) is 55.5 Å². The number of aryl methyl sites for hydroxylation is 1. The molecule has 1 N–H and O–H groups in total. The maximum absolute atomic E-state index is 13.1. The number of carbonyl (C=O) groups excluding carboxylic acids is 1. The molecule has 2 heterocycles. The van der Waals surface area contributed by atoms with E-state index in [1.165, 1.54) is 4.90 Å². The van der Waals surface area contributed by atoms with Crippen LogP contribution >= 0.6 is 0 Å². The third-order valence-corrected chi connectivity index (χ3v) is 5.23. The first-order chi connectivity index (χ1) is 15.8. The van der Waals surface area contributed by atoms with Gasteiger partial charge in [0.05, 0.1) is 30.3 Å². The number of pyridine rings is 1. The predicted octanol–water partition coefficient (Wildman–Crippen LogP) is 5.23. The van der Waals surface area contributed by atoms with Gasteiger partial charge in [0.1, 0.15) is 11.5 Å². The number of imidazole rings is 1. The van der Waals surface area contributed by atoms with Crippen LogP contribution in [0.2, 0.25) is 0 Å². The molecule has 3 rings (SSSR count). The average Bonchev–Trinajstić information content (AvgIpc) is 3.21. The Bertz CT molecular complexity index is 1210. The Labute approximate surface area is 192 Å². The number of nitrogens with zero attached hydrogens (tertiary/aromatic N) is 3. The maximum atomic E-state index is 13.1. The summed E-state index contributed by atoms with van der Waals surface area (Å²) in [6.07, 6.45) is 6.48. The van der Waals surface area contributed by atoms with Gasteiger partial charge >= 0.3 is 0 Å². The Balaban J connectivity index is 2.17. The van der Waals surface area contributed by atoms with Crippen LogP contribution in [-0.2, 0) is 0 Å². The molecule has 1 amide bonds. The highest BCUT2D eigenvalue weighted by Crippen LogP contribution is 2.32. The molecule has 0 fully saturated rings. The smallest absolute Gasteiger partial charge is 0.255 e. The van der Waals surface area contributed by atoms with Gasteiger partial charge in [-0.25, -0.2) is 13.8 Å². The Morgan fingerprint density at radius 3 is 2.67 bits per heavy atom. The van der Waals surface area contributed by atoms with Gasteiger partial charge in [0.25, 0.3) is 12.3 Å². The molecule has 0 aliphatic carbocycles. The predicted molar refractivity (Wildman–Crippen MR) is 127 cm³/mol. The van der Waals surface area contributed by atoms with Crippen molar-refractivity contribution in [1.82, 2.24) is 14.7 Å². The number of allylic oxidation sites excluding steroid dienone is 3. The molecule has 1 aromatic carbocycles. The quantitative estimate of drug-likeness (QED) is 0.374. The van der Waals surface area contributed by atoms with E-state index < -0.39 is 13.0 Å². The molecule has 8 heteroatoms. The summed E-state index contributed by atoms with van der Waals surface area (Å²) in [5, 5.41) is 2.63. The number of nitrogens with one attached hydrogen (secondary N) is 1. The standard InChI is InChI=1S/C25H28F2N4O2/c1-6-8-18(7-2)33-19-12-21(30(5)15-23(26)27)24-29-13-22(31(24)14-19)17-9-10-20(16(3)11-17)25(32)28-4/h6-14,23H,15H2,1-5H3,(H,28,32)/b8-6-,18-7+. The summed E-state index contributed by atoms with van der Waals surface area (Å²) >= 11 is 0. The number of anilines is 1. The van der Waals surface area contributed by atoms with Gasteiger partial charge in [-0.05, 0) is 50.6 Å². The van der Waals surface area contributed by atoms with Crippen molar-refractivity contribution in [3.05, 3.63) is 71.8 Å². The second-order valence-corrected chi connectivity index (χ2v) is 7.57. The zero-order valence-corrected chi connectivity index (χ0v) is 19.4. The molecule has 0 saturated heterocycles. The number of rotatable bonds is 8. The van der Waals surface area contributed by atoms with Crippen LogP contribution in [0.3, 0.4) is 0 Å². The SMILES string of the molecule is C/C=C\C(=C/C)Oc1cc(N(C)CC(F)F)c2ncc(-c3ccc(C(=O)NC)c(C)c3)n2c1. The zero-order valence-electron chi connectivity index (χ0n) is 19.4. The third-order valence-electron chi connectivity index (χ3n) is 5.23. The molecule has 0 atom stereocenters. The molecular weight excluding hydrogens is 426 g/mol. The van der Waals surface area contributed by atoms with E-state index in [1.54, 1.807) is 38.6 Å². The number of benzene rings is 1. The summed E-state index contributed by atoms with van der Waals surface area (Å²) in [6.45, 7) is 5.17. The number of aromatic nitrogens is 2. The van der Waals surface area contributed by atoms with Crippen molar-refractivity contribution in [3.8, 4) is 17.0 Å². The molecule has 3 aromatic rings. The minimum Gasteiger partial charge on any atom is -0.456 e. The van der Waals surface area contributed by atoms with Crippen molar-refractivity contribution in [1.29, 1.82) is 0 Å². The summed E-state index contributed by atoms with van der Waals surface area (Å²) < 4.78 is 34.1. The molecule has 0 radical (unpaired) electrons. The highest BCUT2D eigenvalue weighted by atomic mass is 19.3. The Morgan fingerprint density at radius 2 is 2.06 bits per heavy atom. The highest BCUT2D eigenvalue weighted by molar-refractivity contribution is 5.96. The minimum atomic E-state index is -2.50. The van der Waals surface area contributed by atoms with Crippen LogP contribution in [0.15, 0.2) is 60.6 Å². The maximum Gasteiger partial charge on any atom is 0.255 e. The summed E-state index contributed by atoms with van der Waals surface area (Å²) in [6, 6.07) is 7.22. The number of carbonyl (C=O) groups is 1. The van der Waals surface area contributed by atoms with Crippen LogP contribution in [0.25, 0.3) is 16.9 Å². The summed E-state index contributed by atoms with van der Waals surface area (Å²) in [4.78, 5) is 18.0. The van der Waals surface area contributed by atoms with Crippen molar-refractivity contribution >= 4 is 17.2 Å². The number of ether oxygens (including phenoxy) is 1. The fourth-order valence-corrected chi connectivity index (χ4v) is 3.60. The van der Waals surface area contributed by atoms with E-state index in [0.717, 1.165) is 16.8 Å². The highest BCUT2D eigenvalue weighted by Gasteiger charge is 2.18. The Hall–Kier alpha value is -3.68. The molecule has 0 bridgehead atoms. The lowest BCUT2D eigenvalue weighted by atomic mass is 10.0. The van der Waals surface area contributed by atoms with Crippen LogP contribution < -0.4 is 15.0 Å². The van der Waals surface area contributed by atoms with Crippen LogP contribution in [-0.4, -0.2) is 42.4 Å². The fourth-order valence-electron chi connectivity index (χ4n) is 3.60. The lowest BCUT2D eigenvalue weighted by Gasteiger charge is -2.21. The fraction of sp³-hybridized carbons (Fsp3) is 0.280. The van der Waals surface area contributed by atoms with Gasteiger partial charge < -0.3 is 15.0 Å². The first kappa shape index (κ1) is 24.0. The van der Waals surface area contributed by atoms with Crippen LogP contribution in [0.4, 0.5) is 14.5 Å². The number of fused-ring (bicyclic) bond motifs is 1. The molecule has 2 aromatic heterocycles. The number of hydrogen-bond acceptors (Lipinski definition) is 4. The monoisotopic (exact) mass is 454 g/mol. The Kier molecular flexibility index (Phi) is 7.48. The van der Waals surface area contributed by atoms with Crippen molar-refractivity contribution < 1.29 is 18.3 Å². The van der Waals surface area contributed by atoms with Crippen molar-refractivity contribution in [3.63, 3.8) is 0 Å². The molecule has 0 spiro atoms. The normalized spacial score (nSPS) is 12.1. The second kappa shape index (κ2) is 10.3. The molecule has 0 unspecified atom stereocenters. The zero-order chi connectivity index (χ0) is 24.1. The molecule has 33 heavy (non-hydrogen) atoms. The van der Waals surface area contributed by atoms with Crippen molar-refractivity contribution in [2.75, 3.05) is 25.5 Å². The van der Waals surface area contributed by atoms with Gasteiger partial charge in [-0.1, -0.05) is 12.1 Å². The summed E-state index contributed by atoms with van der Waals surface area (Å²) in [7, 11) is 3.19. The van der Waals surface area contributed by atoms with Crippen LogP contribution in [0, 0.1) is 6.92 Å².